The van der Waals surface area contributed by atoms with E-state index in [0.29, 0.717) is 6.61 Å². The minimum absolute atomic E-state index is 0.537. The van der Waals surface area contributed by atoms with Gasteiger partial charge in [0.2, 0.25) is 0 Å². The molecule has 0 amide bonds. The number of aliphatic hydroxyl groups is 1. The molecule has 1 unspecified atom stereocenters. The predicted molar refractivity (Wildman–Crippen MR) is 75.9 cm³/mol. The number of benzene rings is 2. The van der Waals surface area contributed by atoms with Crippen LogP contribution in [0, 0.1) is 0 Å². The average Bonchev–Trinajstić information content (AvgIpc) is 2.90. The van der Waals surface area contributed by atoms with E-state index in [1.165, 1.54) is 0 Å². The number of hydrogen-bond donors (Lipinski definition) is 1. The van der Waals surface area contributed by atoms with Gasteiger partial charge >= 0.3 is 0 Å². The fourth-order valence-electron chi connectivity index (χ4n) is 2.45. The highest BCUT2D eigenvalue weighted by Crippen LogP contribution is 2.37. The Bertz CT molecular complexity index is 614. The molecule has 2 aromatic carbocycles. The Kier molecular flexibility index (Phi) is 3.10. The van der Waals surface area contributed by atoms with Gasteiger partial charge in [-0.05, 0) is 24.1 Å². The predicted octanol–water partition coefficient (Wildman–Crippen LogP) is 3.59. The number of fused-ring (bicyclic) bond motifs is 1. The molecule has 1 heterocycles. The molecule has 0 aromatic heterocycles. The second kappa shape index (κ2) is 4.90. The normalized spacial score (nSPS) is 17.6. The van der Waals surface area contributed by atoms with Gasteiger partial charge in [0.15, 0.2) is 0 Å². The quantitative estimate of drug-likeness (QED) is 0.885. The monoisotopic (exact) mass is 252 g/mol. The lowest BCUT2D eigenvalue weighted by Crippen LogP contribution is -2.03. The summed E-state index contributed by atoms with van der Waals surface area (Å²) in [6, 6.07) is 17.7. The Morgan fingerprint density at radius 2 is 1.74 bits per heavy atom. The molecule has 19 heavy (non-hydrogen) atoms. The second-order valence-electron chi connectivity index (χ2n) is 4.76. The summed E-state index contributed by atoms with van der Waals surface area (Å²) in [6.07, 6.45) is -0.578. The molecule has 0 saturated carbocycles. The van der Waals surface area contributed by atoms with Crippen LogP contribution in [0.5, 0.6) is 5.75 Å². The maximum atomic E-state index is 10.5. The van der Waals surface area contributed by atoms with Crippen LogP contribution in [0.15, 0.2) is 60.2 Å². The van der Waals surface area contributed by atoms with Crippen molar-refractivity contribution in [2.45, 2.75) is 13.0 Å². The highest BCUT2D eigenvalue weighted by Gasteiger charge is 2.22. The number of aliphatic hydroxyl groups excluding tert-OH is 1. The van der Waals surface area contributed by atoms with Crippen LogP contribution in [0.1, 0.15) is 24.2 Å². The first kappa shape index (κ1) is 12.0. The molecule has 96 valence electrons. The lowest BCUT2D eigenvalue weighted by atomic mass is 9.95. The summed E-state index contributed by atoms with van der Waals surface area (Å²) < 4.78 is 5.65. The average molecular weight is 252 g/mol. The maximum absolute atomic E-state index is 10.5. The van der Waals surface area contributed by atoms with E-state index in [4.69, 9.17) is 4.74 Å². The maximum Gasteiger partial charge on any atom is 0.127 e. The van der Waals surface area contributed by atoms with E-state index in [9.17, 15) is 5.11 Å². The minimum Gasteiger partial charge on any atom is -0.488 e. The van der Waals surface area contributed by atoms with E-state index in [-0.39, 0.29) is 0 Å². The summed E-state index contributed by atoms with van der Waals surface area (Å²) in [5.74, 6) is 0.900. The van der Waals surface area contributed by atoms with Gasteiger partial charge in [0.05, 0.1) is 0 Å². The van der Waals surface area contributed by atoms with Gasteiger partial charge in [0, 0.05) is 11.1 Å². The molecule has 0 aliphatic carbocycles. The van der Waals surface area contributed by atoms with E-state index >= 15 is 0 Å². The molecule has 0 spiro atoms. The van der Waals surface area contributed by atoms with Gasteiger partial charge in [-0.15, -0.1) is 0 Å². The minimum atomic E-state index is -0.578. The summed E-state index contributed by atoms with van der Waals surface area (Å²) in [4.78, 5) is 0. The van der Waals surface area contributed by atoms with Crippen molar-refractivity contribution >= 4 is 5.57 Å². The van der Waals surface area contributed by atoms with E-state index in [1.807, 2.05) is 61.5 Å². The van der Waals surface area contributed by atoms with Gasteiger partial charge in [-0.2, -0.15) is 0 Å². The molecule has 0 bridgehead atoms. The standard InChI is InChI=1S/C17H16O2/c1-12(17(18)13-7-3-2-4-8-13)15-11-19-16-10-6-5-9-14(15)16/h2-10,17-18H,11H2,1H3/b15-12-. The van der Waals surface area contributed by atoms with Crippen molar-refractivity contribution in [1.82, 2.24) is 0 Å². The van der Waals surface area contributed by atoms with Gasteiger partial charge in [-0.3, -0.25) is 0 Å². The fraction of sp³-hybridized carbons (Fsp3) is 0.176. The molecule has 0 saturated heterocycles. The van der Waals surface area contributed by atoms with Crippen molar-refractivity contribution in [3.63, 3.8) is 0 Å². The fourth-order valence-corrected chi connectivity index (χ4v) is 2.45. The van der Waals surface area contributed by atoms with Crippen LogP contribution in [0.3, 0.4) is 0 Å². The van der Waals surface area contributed by atoms with Crippen LogP contribution >= 0.6 is 0 Å². The molecule has 2 nitrogen and oxygen atoms in total. The van der Waals surface area contributed by atoms with E-state index in [2.05, 4.69) is 0 Å². The van der Waals surface area contributed by atoms with E-state index in [1.54, 1.807) is 0 Å². The molecular formula is C17H16O2. The molecule has 0 fully saturated rings. The molecule has 1 atom stereocenters. The Hall–Kier alpha value is -2.06. The Morgan fingerprint density at radius 1 is 1.05 bits per heavy atom. The van der Waals surface area contributed by atoms with E-state index < -0.39 is 6.10 Å². The van der Waals surface area contributed by atoms with Gasteiger partial charge in [0.1, 0.15) is 18.5 Å². The summed E-state index contributed by atoms with van der Waals surface area (Å²) >= 11 is 0. The molecule has 1 aliphatic rings. The first-order valence-electron chi connectivity index (χ1n) is 6.42. The highest BCUT2D eigenvalue weighted by atomic mass is 16.5. The van der Waals surface area contributed by atoms with Gasteiger partial charge in [-0.1, -0.05) is 48.5 Å². The van der Waals surface area contributed by atoms with Crippen LogP contribution in [0.4, 0.5) is 0 Å². The molecular weight excluding hydrogens is 236 g/mol. The SMILES string of the molecule is C/C(=C1\COc2ccccc21)C(O)c1ccccc1. The molecule has 2 heteroatoms. The number of para-hydroxylation sites is 1. The Balaban J connectivity index is 2.00. The first-order valence-corrected chi connectivity index (χ1v) is 6.42. The number of ether oxygens (including phenoxy) is 1. The third-order valence-corrected chi connectivity index (χ3v) is 3.59. The Morgan fingerprint density at radius 3 is 2.53 bits per heavy atom. The second-order valence-corrected chi connectivity index (χ2v) is 4.76. The van der Waals surface area contributed by atoms with Crippen molar-refractivity contribution in [3.05, 3.63) is 71.3 Å². The zero-order chi connectivity index (χ0) is 13.2. The summed E-state index contributed by atoms with van der Waals surface area (Å²) in [7, 11) is 0. The van der Waals surface area contributed by atoms with Crippen LogP contribution in [0.2, 0.25) is 0 Å². The lowest BCUT2D eigenvalue weighted by molar-refractivity contribution is 0.216. The summed E-state index contributed by atoms with van der Waals surface area (Å²) in [5, 5.41) is 10.5. The van der Waals surface area contributed by atoms with Crippen molar-refractivity contribution in [3.8, 4) is 5.75 Å². The summed E-state index contributed by atoms with van der Waals surface area (Å²) in [5.41, 5.74) is 4.05. The zero-order valence-corrected chi connectivity index (χ0v) is 10.8. The van der Waals surface area contributed by atoms with Crippen molar-refractivity contribution in [2.75, 3.05) is 6.61 Å². The van der Waals surface area contributed by atoms with Crippen molar-refractivity contribution in [1.29, 1.82) is 0 Å². The van der Waals surface area contributed by atoms with Crippen LogP contribution in [0.25, 0.3) is 5.57 Å². The molecule has 0 radical (unpaired) electrons. The summed E-state index contributed by atoms with van der Waals surface area (Å²) in [6.45, 7) is 2.51. The third-order valence-electron chi connectivity index (χ3n) is 3.59. The van der Waals surface area contributed by atoms with Crippen LogP contribution in [-0.4, -0.2) is 11.7 Å². The van der Waals surface area contributed by atoms with Gasteiger partial charge < -0.3 is 9.84 Å². The van der Waals surface area contributed by atoms with Gasteiger partial charge in [0.25, 0.3) is 0 Å². The van der Waals surface area contributed by atoms with Crippen LogP contribution in [-0.2, 0) is 0 Å². The molecule has 1 N–H and O–H groups in total. The number of rotatable bonds is 2. The topological polar surface area (TPSA) is 29.5 Å². The third kappa shape index (κ3) is 2.15. The molecule has 2 aromatic rings. The van der Waals surface area contributed by atoms with Gasteiger partial charge in [-0.25, -0.2) is 0 Å². The first-order chi connectivity index (χ1) is 9.27. The number of hydrogen-bond acceptors (Lipinski definition) is 2. The van der Waals surface area contributed by atoms with Crippen LogP contribution < -0.4 is 4.74 Å². The van der Waals surface area contributed by atoms with E-state index in [0.717, 1.165) is 28.0 Å². The van der Waals surface area contributed by atoms with Crippen molar-refractivity contribution < 1.29 is 9.84 Å². The molecule has 1 aliphatic heterocycles. The Labute approximate surface area is 113 Å². The zero-order valence-electron chi connectivity index (χ0n) is 10.8. The smallest absolute Gasteiger partial charge is 0.127 e. The molecule has 3 rings (SSSR count). The lowest BCUT2D eigenvalue weighted by Gasteiger charge is -2.14. The largest absolute Gasteiger partial charge is 0.488 e. The van der Waals surface area contributed by atoms with Crippen molar-refractivity contribution in [2.24, 2.45) is 0 Å². The highest BCUT2D eigenvalue weighted by molar-refractivity contribution is 5.77.